The van der Waals surface area contributed by atoms with Crippen LogP contribution in [-0.4, -0.2) is 5.91 Å². The fourth-order valence-electron chi connectivity index (χ4n) is 1.49. The molecular weight excluding hydrogens is 351 g/mol. The number of anilines is 2. The summed E-state index contributed by atoms with van der Waals surface area (Å²) in [5.41, 5.74) is 7.10. The number of hydrogen-bond donors (Lipinski definition) is 2. The van der Waals surface area contributed by atoms with Gasteiger partial charge in [0.1, 0.15) is 0 Å². The van der Waals surface area contributed by atoms with E-state index in [9.17, 15) is 4.79 Å². The summed E-state index contributed by atoms with van der Waals surface area (Å²) >= 11 is 15.0. The highest BCUT2D eigenvalue weighted by molar-refractivity contribution is 9.10. The summed E-state index contributed by atoms with van der Waals surface area (Å²) in [6.45, 7) is 0. The number of nitrogen functional groups attached to an aromatic ring is 1. The summed E-state index contributed by atoms with van der Waals surface area (Å²) in [6.07, 6.45) is 0. The van der Waals surface area contributed by atoms with Gasteiger partial charge in [-0.3, -0.25) is 4.79 Å². The molecule has 1 amide bonds. The van der Waals surface area contributed by atoms with Gasteiger partial charge >= 0.3 is 0 Å². The minimum absolute atomic E-state index is 0.281. The van der Waals surface area contributed by atoms with E-state index >= 15 is 0 Å². The lowest BCUT2D eigenvalue weighted by atomic mass is 10.2. The molecule has 0 heterocycles. The number of amides is 1. The van der Waals surface area contributed by atoms with E-state index in [1.807, 2.05) is 0 Å². The number of benzene rings is 2. The monoisotopic (exact) mass is 358 g/mol. The Hall–Kier alpha value is -1.23. The summed E-state index contributed by atoms with van der Waals surface area (Å²) in [5, 5.41) is 3.66. The maximum absolute atomic E-state index is 12.1. The second-order valence-corrected chi connectivity index (χ2v) is 5.51. The molecular formula is C13H9BrCl2N2O. The molecule has 3 nitrogen and oxygen atoms in total. The summed E-state index contributed by atoms with van der Waals surface area (Å²) < 4.78 is 0.663. The number of halogens is 3. The fourth-order valence-corrected chi connectivity index (χ4v) is 2.21. The number of rotatable bonds is 2. The van der Waals surface area contributed by atoms with Crippen molar-refractivity contribution in [2.75, 3.05) is 11.1 Å². The van der Waals surface area contributed by atoms with Gasteiger partial charge in [-0.15, -0.1) is 0 Å². The highest BCUT2D eigenvalue weighted by Gasteiger charge is 2.11. The second kappa shape index (κ2) is 5.82. The van der Waals surface area contributed by atoms with Gasteiger partial charge in [-0.25, -0.2) is 0 Å². The normalized spacial score (nSPS) is 10.3. The van der Waals surface area contributed by atoms with Crippen LogP contribution in [0.1, 0.15) is 10.4 Å². The molecule has 19 heavy (non-hydrogen) atoms. The smallest absolute Gasteiger partial charge is 0.256 e. The van der Waals surface area contributed by atoms with Gasteiger partial charge in [-0.2, -0.15) is 0 Å². The maximum atomic E-state index is 12.1. The summed E-state index contributed by atoms with van der Waals surface area (Å²) in [5.74, 6) is -0.281. The molecule has 0 aromatic heterocycles. The van der Waals surface area contributed by atoms with Crippen molar-refractivity contribution in [2.24, 2.45) is 0 Å². The van der Waals surface area contributed by atoms with E-state index in [1.165, 1.54) is 0 Å². The highest BCUT2D eigenvalue weighted by atomic mass is 79.9. The minimum atomic E-state index is -0.281. The molecule has 0 radical (unpaired) electrons. The summed E-state index contributed by atoms with van der Waals surface area (Å²) in [6, 6.07) is 9.89. The maximum Gasteiger partial charge on any atom is 0.256 e. The van der Waals surface area contributed by atoms with Gasteiger partial charge in [-0.05, 0) is 52.3 Å². The summed E-state index contributed by atoms with van der Waals surface area (Å²) in [7, 11) is 0. The van der Waals surface area contributed by atoms with Crippen molar-refractivity contribution in [3.63, 3.8) is 0 Å². The molecule has 0 aliphatic heterocycles. The predicted octanol–water partition coefficient (Wildman–Crippen LogP) is 4.59. The minimum Gasteiger partial charge on any atom is -0.397 e. The molecule has 0 aliphatic rings. The molecule has 3 N–H and O–H groups in total. The molecule has 0 unspecified atom stereocenters. The van der Waals surface area contributed by atoms with Gasteiger partial charge in [0.05, 0.1) is 16.3 Å². The third-order valence-corrected chi connectivity index (χ3v) is 3.70. The Morgan fingerprint density at radius 1 is 1.16 bits per heavy atom. The SMILES string of the molecule is Nc1cc(NC(=O)c2cc(Cl)ccc2Br)ccc1Cl. The average molecular weight is 360 g/mol. The first-order valence-corrected chi connectivity index (χ1v) is 6.83. The Morgan fingerprint density at radius 2 is 1.89 bits per heavy atom. The van der Waals surface area contributed by atoms with E-state index in [-0.39, 0.29) is 5.91 Å². The zero-order chi connectivity index (χ0) is 14.0. The first kappa shape index (κ1) is 14.2. The molecule has 2 aromatic carbocycles. The van der Waals surface area contributed by atoms with Gasteiger partial charge in [0.2, 0.25) is 0 Å². The van der Waals surface area contributed by atoms with Gasteiger partial charge in [-0.1, -0.05) is 23.2 Å². The first-order chi connectivity index (χ1) is 8.97. The van der Waals surface area contributed by atoms with Crippen LogP contribution in [0.25, 0.3) is 0 Å². The number of carbonyl (C=O) groups is 1. The van der Waals surface area contributed by atoms with Crippen LogP contribution in [-0.2, 0) is 0 Å². The molecule has 0 atom stereocenters. The van der Waals surface area contributed by atoms with E-state index in [0.717, 1.165) is 0 Å². The largest absolute Gasteiger partial charge is 0.397 e. The van der Waals surface area contributed by atoms with Gasteiger partial charge in [0.15, 0.2) is 0 Å². The number of carbonyl (C=O) groups excluding carboxylic acids is 1. The average Bonchev–Trinajstić information content (AvgIpc) is 2.36. The topological polar surface area (TPSA) is 55.1 Å². The van der Waals surface area contributed by atoms with Crippen LogP contribution < -0.4 is 11.1 Å². The van der Waals surface area contributed by atoms with Crippen molar-refractivity contribution in [3.05, 3.63) is 56.5 Å². The molecule has 6 heteroatoms. The zero-order valence-corrected chi connectivity index (χ0v) is 12.7. The van der Waals surface area contributed by atoms with Crippen molar-refractivity contribution in [1.82, 2.24) is 0 Å². The molecule has 2 aromatic rings. The van der Waals surface area contributed by atoms with E-state index in [1.54, 1.807) is 36.4 Å². The molecule has 0 spiro atoms. The standard InChI is InChI=1S/C13H9BrCl2N2O/c14-10-3-1-7(15)5-9(10)13(19)18-8-2-4-11(16)12(17)6-8/h1-6H,17H2,(H,18,19). The molecule has 0 fully saturated rings. The van der Waals surface area contributed by atoms with Crippen molar-refractivity contribution < 1.29 is 4.79 Å². The zero-order valence-electron chi connectivity index (χ0n) is 9.58. The van der Waals surface area contributed by atoms with E-state index in [4.69, 9.17) is 28.9 Å². The Morgan fingerprint density at radius 3 is 2.58 bits per heavy atom. The van der Waals surface area contributed by atoms with Crippen molar-refractivity contribution >= 4 is 56.4 Å². The van der Waals surface area contributed by atoms with E-state index in [0.29, 0.717) is 31.5 Å². The van der Waals surface area contributed by atoms with Gasteiger partial charge in [0.25, 0.3) is 5.91 Å². The third kappa shape index (κ3) is 3.41. The number of hydrogen-bond acceptors (Lipinski definition) is 2. The molecule has 98 valence electrons. The van der Waals surface area contributed by atoms with Crippen molar-refractivity contribution in [3.8, 4) is 0 Å². The van der Waals surface area contributed by atoms with Crippen LogP contribution in [0.5, 0.6) is 0 Å². The van der Waals surface area contributed by atoms with E-state index < -0.39 is 0 Å². The second-order valence-electron chi connectivity index (χ2n) is 3.81. The molecule has 0 saturated carbocycles. The van der Waals surface area contributed by atoms with Crippen LogP contribution >= 0.6 is 39.1 Å². The fraction of sp³-hybridized carbons (Fsp3) is 0. The lowest BCUT2D eigenvalue weighted by Gasteiger charge is -2.08. The Labute approximate surface area is 128 Å². The van der Waals surface area contributed by atoms with E-state index in [2.05, 4.69) is 21.2 Å². The quantitative estimate of drug-likeness (QED) is 0.770. The highest BCUT2D eigenvalue weighted by Crippen LogP contribution is 2.25. The van der Waals surface area contributed by atoms with Crippen LogP contribution in [0.15, 0.2) is 40.9 Å². The molecule has 0 saturated heterocycles. The van der Waals surface area contributed by atoms with Crippen molar-refractivity contribution in [2.45, 2.75) is 0 Å². The van der Waals surface area contributed by atoms with Crippen LogP contribution in [0.2, 0.25) is 10.0 Å². The number of nitrogens with one attached hydrogen (secondary N) is 1. The Bertz CT molecular complexity index is 647. The predicted molar refractivity (Wildman–Crippen MR) is 83.0 cm³/mol. The molecule has 0 bridgehead atoms. The third-order valence-electron chi connectivity index (χ3n) is 2.43. The molecule has 2 rings (SSSR count). The Balaban J connectivity index is 2.25. The molecule has 0 aliphatic carbocycles. The van der Waals surface area contributed by atoms with Crippen LogP contribution in [0.3, 0.4) is 0 Å². The first-order valence-electron chi connectivity index (χ1n) is 5.29. The van der Waals surface area contributed by atoms with Crippen LogP contribution in [0, 0.1) is 0 Å². The lowest BCUT2D eigenvalue weighted by Crippen LogP contribution is -2.12. The van der Waals surface area contributed by atoms with Crippen molar-refractivity contribution in [1.29, 1.82) is 0 Å². The Kier molecular flexibility index (Phi) is 4.34. The van der Waals surface area contributed by atoms with Gasteiger partial charge in [0, 0.05) is 15.2 Å². The summed E-state index contributed by atoms with van der Waals surface area (Å²) in [4.78, 5) is 12.1. The lowest BCUT2D eigenvalue weighted by molar-refractivity contribution is 0.102. The number of nitrogens with two attached hydrogens (primary N) is 1. The van der Waals surface area contributed by atoms with Gasteiger partial charge < -0.3 is 11.1 Å². The van der Waals surface area contributed by atoms with Crippen LogP contribution in [0.4, 0.5) is 11.4 Å².